The Morgan fingerprint density at radius 3 is 3.00 bits per heavy atom. The molecule has 0 saturated carbocycles. The molecule has 4 nitrogen and oxygen atoms in total. The minimum atomic E-state index is 0.411. The monoisotopic (exact) mass is 204 g/mol. The molecule has 0 radical (unpaired) electrons. The van der Waals surface area contributed by atoms with Crippen molar-refractivity contribution in [2.24, 2.45) is 0 Å². The summed E-state index contributed by atoms with van der Waals surface area (Å²) in [5.41, 5.74) is 3.11. The summed E-state index contributed by atoms with van der Waals surface area (Å²) >= 11 is 0. The molecule has 0 aliphatic heterocycles. The molecule has 0 spiro atoms. The lowest BCUT2D eigenvalue weighted by atomic mass is 10.1. The molecule has 0 bridgehead atoms. The highest BCUT2D eigenvalue weighted by Crippen LogP contribution is 2.23. The van der Waals surface area contributed by atoms with E-state index in [-0.39, 0.29) is 0 Å². The van der Waals surface area contributed by atoms with Crippen molar-refractivity contribution in [2.45, 2.75) is 6.54 Å². The van der Waals surface area contributed by atoms with Crippen LogP contribution in [0, 0.1) is 0 Å². The van der Waals surface area contributed by atoms with Gasteiger partial charge >= 0.3 is 0 Å². The highest BCUT2D eigenvalue weighted by molar-refractivity contribution is 5.87. The molecule has 15 heavy (non-hydrogen) atoms. The van der Waals surface area contributed by atoms with Crippen molar-refractivity contribution in [3.05, 3.63) is 36.0 Å². The zero-order valence-corrected chi connectivity index (χ0v) is 8.40. The molecular weight excluding hydrogens is 192 g/mol. The molecule has 0 unspecified atom stereocenters. The van der Waals surface area contributed by atoms with Gasteiger partial charge < -0.3 is 9.94 Å². The van der Waals surface area contributed by atoms with E-state index >= 15 is 0 Å². The number of hydroxylamine groups is 1. The van der Waals surface area contributed by atoms with E-state index in [1.807, 2.05) is 24.3 Å². The molecule has 4 heteroatoms. The number of nitrogens with zero attached hydrogens (tertiary/aromatic N) is 1. The first-order chi connectivity index (χ1) is 7.35. The summed E-state index contributed by atoms with van der Waals surface area (Å²) in [6.45, 7) is 0.411. The number of fused-ring (bicyclic) bond motifs is 1. The maximum absolute atomic E-state index is 8.62. The Bertz CT molecular complexity index is 471. The van der Waals surface area contributed by atoms with Crippen LogP contribution >= 0.6 is 0 Å². The van der Waals surface area contributed by atoms with Crippen LogP contribution in [0.5, 0.6) is 5.88 Å². The Hall–Kier alpha value is -1.65. The largest absolute Gasteiger partial charge is 0.481 e. The van der Waals surface area contributed by atoms with Crippen molar-refractivity contribution < 1.29 is 9.94 Å². The van der Waals surface area contributed by atoms with Crippen LogP contribution in [0.1, 0.15) is 5.56 Å². The summed E-state index contributed by atoms with van der Waals surface area (Å²) in [7, 11) is 1.60. The molecular formula is C11H12N2O2. The first-order valence-corrected chi connectivity index (χ1v) is 4.63. The fourth-order valence-corrected chi connectivity index (χ4v) is 1.55. The molecule has 0 saturated heterocycles. The van der Waals surface area contributed by atoms with Crippen LogP contribution < -0.4 is 10.2 Å². The number of aromatic nitrogens is 1. The van der Waals surface area contributed by atoms with Gasteiger partial charge in [0.2, 0.25) is 5.88 Å². The number of hydrogen-bond donors (Lipinski definition) is 2. The van der Waals surface area contributed by atoms with Gasteiger partial charge in [0.25, 0.3) is 0 Å². The smallest absolute Gasteiger partial charge is 0.221 e. The van der Waals surface area contributed by atoms with Gasteiger partial charge in [-0.2, -0.15) is 0 Å². The second-order valence-corrected chi connectivity index (χ2v) is 3.21. The predicted molar refractivity (Wildman–Crippen MR) is 56.9 cm³/mol. The molecule has 0 aliphatic carbocycles. The summed E-state index contributed by atoms with van der Waals surface area (Å²) in [5, 5.41) is 10.6. The van der Waals surface area contributed by atoms with Gasteiger partial charge in [-0.1, -0.05) is 12.1 Å². The quantitative estimate of drug-likeness (QED) is 0.747. The number of nitrogens with one attached hydrogen (secondary N) is 1. The van der Waals surface area contributed by atoms with Crippen LogP contribution in [0.25, 0.3) is 10.8 Å². The summed E-state index contributed by atoms with van der Waals surface area (Å²) in [5.74, 6) is 0.604. The van der Waals surface area contributed by atoms with E-state index in [1.54, 1.807) is 13.3 Å². The number of hydrogen-bond acceptors (Lipinski definition) is 4. The molecule has 1 aromatic heterocycles. The van der Waals surface area contributed by atoms with Gasteiger partial charge in [-0.05, 0) is 23.1 Å². The summed E-state index contributed by atoms with van der Waals surface area (Å²) in [6.07, 6.45) is 1.71. The molecule has 0 amide bonds. The van der Waals surface area contributed by atoms with Gasteiger partial charge in [-0.3, -0.25) is 0 Å². The van der Waals surface area contributed by atoms with E-state index in [0.717, 1.165) is 16.3 Å². The Morgan fingerprint density at radius 1 is 1.40 bits per heavy atom. The van der Waals surface area contributed by atoms with Gasteiger partial charge in [-0.25, -0.2) is 10.5 Å². The summed E-state index contributed by atoms with van der Waals surface area (Å²) < 4.78 is 5.17. The van der Waals surface area contributed by atoms with Crippen molar-refractivity contribution >= 4 is 10.8 Å². The van der Waals surface area contributed by atoms with Crippen molar-refractivity contribution in [3.8, 4) is 5.88 Å². The van der Waals surface area contributed by atoms with E-state index in [9.17, 15) is 0 Å². The van der Waals surface area contributed by atoms with Crippen LogP contribution in [0.4, 0.5) is 0 Å². The summed E-state index contributed by atoms with van der Waals surface area (Å²) in [4.78, 5) is 4.12. The normalized spacial score (nSPS) is 10.5. The van der Waals surface area contributed by atoms with Crippen molar-refractivity contribution in [3.63, 3.8) is 0 Å². The Kier molecular flexibility index (Phi) is 2.80. The number of rotatable bonds is 3. The second kappa shape index (κ2) is 4.25. The standard InChI is InChI=1S/C11H12N2O2/c1-15-11-10-6-8(7-13-14)2-3-9(10)4-5-12-11/h2-6,13-14H,7H2,1H3. The van der Waals surface area contributed by atoms with Crippen molar-refractivity contribution in [1.82, 2.24) is 10.5 Å². The van der Waals surface area contributed by atoms with E-state index in [2.05, 4.69) is 10.5 Å². The lowest BCUT2D eigenvalue weighted by Gasteiger charge is -2.06. The lowest BCUT2D eigenvalue weighted by Crippen LogP contribution is -2.05. The van der Waals surface area contributed by atoms with Crippen LogP contribution in [0.15, 0.2) is 30.5 Å². The average molecular weight is 204 g/mol. The van der Waals surface area contributed by atoms with Gasteiger partial charge in [0.1, 0.15) is 0 Å². The lowest BCUT2D eigenvalue weighted by molar-refractivity contribution is 0.161. The van der Waals surface area contributed by atoms with Gasteiger partial charge in [0.05, 0.1) is 7.11 Å². The van der Waals surface area contributed by atoms with Crippen molar-refractivity contribution in [2.75, 3.05) is 7.11 Å². The minimum absolute atomic E-state index is 0.411. The fourth-order valence-electron chi connectivity index (χ4n) is 1.55. The molecule has 2 N–H and O–H groups in total. The molecule has 0 atom stereocenters. The van der Waals surface area contributed by atoms with E-state index in [0.29, 0.717) is 12.4 Å². The third-order valence-corrected chi connectivity index (χ3v) is 2.27. The Balaban J connectivity index is 2.57. The number of pyridine rings is 1. The third-order valence-electron chi connectivity index (χ3n) is 2.27. The van der Waals surface area contributed by atoms with Gasteiger partial charge in [-0.15, -0.1) is 0 Å². The Morgan fingerprint density at radius 2 is 2.27 bits per heavy atom. The van der Waals surface area contributed by atoms with E-state index in [1.165, 1.54) is 0 Å². The molecule has 2 rings (SSSR count). The number of ether oxygens (including phenoxy) is 1. The predicted octanol–water partition coefficient (Wildman–Crippen LogP) is 1.72. The van der Waals surface area contributed by atoms with Crippen LogP contribution in [0.2, 0.25) is 0 Å². The maximum atomic E-state index is 8.62. The Labute approximate surface area is 87.5 Å². The van der Waals surface area contributed by atoms with Gasteiger partial charge in [0, 0.05) is 18.1 Å². The second-order valence-electron chi connectivity index (χ2n) is 3.21. The third kappa shape index (κ3) is 1.91. The molecule has 1 heterocycles. The first kappa shape index (κ1) is 9.89. The first-order valence-electron chi connectivity index (χ1n) is 4.63. The number of benzene rings is 1. The van der Waals surface area contributed by atoms with Crippen LogP contribution in [0.3, 0.4) is 0 Å². The maximum Gasteiger partial charge on any atom is 0.221 e. The average Bonchev–Trinajstić information content (AvgIpc) is 2.28. The molecule has 0 fully saturated rings. The molecule has 2 aromatic rings. The zero-order valence-electron chi connectivity index (χ0n) is 8.40. The fraction of sp³-hybridized carbons (Fsp3) is 0.182. The highest BCUT2D eigenvalue weighted by Gasteiger charge is 2.02. The van der Waals surface area contributed by atoms with Crippen molar-refractivity contribution in [1.29, 1.82) is 0 Å². The number of methoxy groups -OCH3 is 1. The summed E-state index contributed by atoms with van der Waals surface area (Å²) in [6, 6.07) is 7.80. The van der Waals surface area contributed by atoms with Gasteiger partial charge in [0.15, 0.2) is 0 Å². The van der Waals surface area contributed by atoms with E-state index < -0.39 is 0 Å². The topological polar surface area (TPSA) is 54.4 Å². The van der Waals surface area contributed by atoms with E-state index in [4.69, 9.17) is 9.94 Å². The minimum Gasteiger partial charge on any atom is -0.481 e. The van der Waals surface area contributed by atoms with Crippen LogP contribution in [-0.2, 0) is 6.54 Å². The van der Waals surface area contributed by atoms with Crippen LogP contribution in [-0.4, -0.2) is 17.3 Å². The highest BCUT2D eigenvalue weighted by atomic mass is 16.5. The molecule has 0 aliphatic rings. The zero-order chi connectivity index (χ0) is 10.7. The molecule has 78 valence electrons. The molecule has 1 aromatic carbocycles. The SMILES string of the molecule is COc1nccc2ccc(CNO)cc12.